The van der Waals surface area contributed by atoms with Gasteiger partial charge in [-0.2, -0.15) is 0 Å². The lowest BCUT2D eigenvalue weighted by Crippen LogP contribution is -2.23. The van der Waals surface area contributed by atoms with Crippen LogP contribution in [0, 0.1) is 0 Å². The monoisotopic (exact) mass is 408 g/mol. The van der Waals surface area contributed by atoms with Crippen molar-refractivity contribution in [3.63, 3.8) is 0 Å². The molecule has 29 heavy (non-hydrogen) atoms. The summed E-state index contributed by atoms with van der Waals surface area (Å²) in [6.07, 6.45) is 2.86. The quantitative estimate of drug-likeness (QED) is 0.468. The zero-order chi connectivity index (χ0) is 22.2. The number of ether oxygens (including phenoxy) is 2. The van der Waals surface area contributed by atoms with E-state index in [1.807, 2.05) is 19.1 Å². The van der Waals surface area contributed by atoms with Crippen LogP contribution in [-0.2, 0) is 20.4 Å². The molecular weight excluding hydrogens is 372 g/mol. The van der Waals surface area contributed by atoms with Crippen molar-refractivity contribution in [1.29, 1.82) is 0 Å². The summed E-state index contributed by atoms with van der Waals surface area (Å²) in [5.41, 5.74) is 1.42. The molecule has 0 saturated heterocycles. The summed E-state index contributed by atoms with van der Waals surface area (Å²) in [5.74, 6) is -0.0619. The van der Waals surface area contributed by atoms with E-state index >= 15 is 0 Å². The Kier molecular flexibility index (Phi) is 8.99. The van der Waals surface area contributed by atoms with Crippen molar-refractivity contribution in [1.82, 2.24) is 0 Å². The van der Waals surface area contributed by atoms with E-state index in [1.165, 1.54) is 0 Å². The summed E-state index contributed by atoms with van der Waals surface area (Å²) in [6.45, 7) is 10.8. The van der Waals surface area contributed by atoms with Gasteiger partial charge < -0.3 is 19.7 Å². The first-order chi connectivity index (χ1) is 13.4. The Labute approximate surface area is 174 Å². The first kappa shape index (κ1) is 24.8. The lowest BCUT2D eigenvalue weighted by Gasteiger charge is -2.32. The molecular formula is C23H36O6. The summed E-state index contributed by atoms with van der Waals surface area (Å²) < 4.78 is 11.7. The molecule has 0 amide bonds. The van der Waals surface area contributed by atoms with E-state index in [0.29, 0.717) is 32.3 Å². The Morgan fingerprint density at radius 3 is 1.66 bits per heavy atom. The van der Waals surface area contributed by atoms with Gasteiger partial charge in [-0.3, -0.25) is 9.59 Å². The fourth-order valence-electron chi connectivity index (χ4n) is 3.69. The largest absolute Gasteiger partial charge is 0.496 e. The van der Waals surface area contributed by atoms with Gasteiger partial charge in [0.25, 0.3) is 0 Å². The van der Waals surface area contributed by atoms with E-state index in [0.717, 1.165) is 22.6 Å². The molecule has 0 aromatic heterocycles. The maximum absolute atomic E-state index is 10.9. The van der Waals surface area contributed by atoms with Crippen LogP contribution in [0.3, 0.4) is 0 Å². The van der Waals surface area contributed by atoms with Gasteiger partial charge in [0, 0.05) is 24.0 Å². The molecule has 0 radical (unpaired) electrons. The van der Waals surface area contributed by atoms with Gasteiger partial charge in [-0.15, -0.1) is 0 Å². The third kappa shape index (κ3) is 7.26. The Bertz CT molecular complexity index is 706. The van der Waals surface area contributed by atoms with Gasteiger partial charge in [-0.1, -0.05) is 27.7 Å². The molecule has 1 aromatic rings. The van der Waals surface area contributed by atoms with Crippen molar-refractivity contribution in [2.75, 3.05) is 13.7 Å². The molecule has 0 fully saturated rings. The number of hydrogen-bond donors (Lipinski definition) is 2. The summed E-state index contributed by atoms with van der Waals surface area (Å²) in [6, 6.07) is 4.01. The smallest absolute Gasteiger partial charge is 0.303 e. The van der Waals surface area contributed by atoms with E-state index < -0.39 is 11.9 Å². The van der Waals surface area contributed by atoms with Gasteiger partial charge in [0.2, 0.25) is 0 Å². The molecule has 1 aromatic carbocycles. The molecule has 0 atom stereocenters. The van der Waals surface area contributed by atoms with E-state index in [2.05, 4.69) is 27.7 Å². The Hall–Kier alpha value is -2.24. The molecule has 6 heteroatoms. The molecule has 0 aliphatic heterocycles. The highest BCUT2D eigenvalue weighted by molar-refractivity contribution is 5.67. The van der Waals surface area contributed by atoms with Gasteiger partial charge in [0.05, 0.1) is 13.7 Å². The van der Waals surface area contributed by atoms with Gasteiger partial charge in [0.1, 0.15) is 11.5 Å². The molecule has 164 valence electrons. The molecule has 0 heterocycles. The number of rotatable bonds is 13. The molecule has 0 spiro atoms. The predicted molar refractivity (Wildman–Crippen MR) is 113 cm³/mol. The third-order valence-corrected chi connectivity index (χ3v) is 5.44. The zero-order valence-corrected chi connectivity index (χ0v) is 18.6. The second-order valence-corrected chi connectivity index (χ2v) is 8.74. The summed E-state index contributed by atoms with van der Waals surface area (Å²) in [5, 5.41) is 17.9. The molecule has 0 aliphatic rings. The average molecular weight is 409 g/mol. The minimum Gasteiger partial charge on any atom is -0.496 e. The fourth-order valence-corrected chi connectivity index (χ4v) is 3.69. The Morgan fingerprint density at radius 1 is 0.862 bits per heavy atom. The maximum atomic E-state index is 10.9. The van der Waals surface area contributed by atoms with Crippen molar-refractivity contribution in [2.45, 2.75) is 84.0 Å². The lowest BCUT2D eigenvalue weighted by atomic mass is 9.75. The van der Waals surface area contributed by atoms with Gasteiger partial charge in [0.15, 0.2) is 0 Å². The number of benzene rings is 1. The van der Waals surface area contributed by atoms with Crippen LogP contribution >= 0.6 is 0 Å². The summed E-state index contributed by atoms with van der Waals surface area (Å²) >= 11 is 0. The first-order valence-corrected chi connectivity index (χ1v) is 10.2. The van der Waals surface area contributed by atoms with Crippen molar-refractivity contribution < 1.29 is 29.3 Å². The number of carbonyl (C=O) groups is 2. The van der Waals surface area contributed by atoms with Crippen LogP contribution in [0.15, 0.2) is 12.1 Å². The minimum atomic E-state index is -0.791. The van der Waals surface area contributed by atoms with E-state index in [4.69, 9.17) is 19.7 Å². The molecule has 0 bridgehead atoms. The Morgan fingerprint density at radius 2 is 1.28 bits per heavy atom. The van der Waals surface area contributed by atoms with Crippen molar-refractivity contribution >= 4 is 11.9 Å². The number of aliphatic carboxylic acids is 2. The fraction of sp³-hybridized carbons (Fsp3) is 0.652. The van der Waals surface area contributed by atoms with Gasteiger partial charge in [-0.25, -0.2) is 0 Å². The number of hydrogen-bond acceptors (Lipinski definition) is 4. The lowest BCUT2D eigenvalue weighted by molar-refractivity contribution is -0.138. The van der Waals surface area contributed by atoms with Crippen molar-refractivity contribution in [2.24, 2.45) is 0 Å². The third-order valence-electron chi connectivity index (χ3n) is 5.44. The SMILES string of the molecule is CCOc1cc(C(C)(C)CCCC(=O)O)c(OC)cc1C(C)(C)CCCC(=O)O. The average Bonchev–Trinajstić information content (AvgIpc) is 2.60. The summed E-state index contributed by atoms with van der Waals surface area (Å²) in [7, 11) is 1.63. The second-order valence-electron chi connectivity index (χ2n) is 8.74. The van der Waals surface area contributed by atoms with Crippen molar-refractivity contribution in [3.05, 3.63) is 23.3 Å². The highest BCUT2D eigenvalue weighted by atomic mass is 16.5. The topological polar surface area (TPSA) is 93.1 Å². The van der Waals surface area contributed by atoms with E-state index in [1.54, 1.807) is 7.11 Å². The van der Waals surface area contributed by atoms with Crippen molar-refractivity contribution in [3.8, 4) is 11.5 Å². The van der Waals surface area contributed by atoms with Crippen LogP contribution in [0.2, 0.25) is 0 Å². The minimum absolute atomic E-state index is 0.138. The van der Waals surface area contributed by atoms with E-state index in [9.17, 15) is 9.59 Å². The van der Waals surface area contributed by atoms with Crippen LogP contribution in [0.1, 0.15) is 84.3 Å². The molecule has 0 unspecified atom stereocenters. The van der Waals surface area contributed by atoms with Gasteiger partial charge >= 0.3 is 11.9 Å². The highest BCUT2D eigenvalue weighted by Crippen LogP contribution is 2.44. The first-order valence-electron chi connectivity index (χ1n) is 10.2. The Balaban J connectivity index is 3.29. The van der Waals surface area contributed by atoms with Crippen LogP contribution in [0.5, 0.6) is 11.5 Å². The predicted octanol–water partition coefficient (Wildman–Crippen LogP) is 5.16. The van der Waals surface area contributed by atoms with Crippen LogP contribution in [0.25, 0.3) is 0 Å². The molecule has 2 N–H and O–H groups in total. The number of carboxylic acids is 2. The van der Waals surface area contributed by atoms with Crippen LogP contribution in [0.4, 0.5) is 0 Å². The zero-order valence-electron chi connectivity index (χ0n) is 18.6. The molecule has 0 saturated carbocycles. The van der Waals surface area contributed by atoms with E-state index in [-0.39, 0.29) is 23.7 Å². The maximum Gasteiger partial charge on any atom is 0.303 e. The summed E-state index contributed by atoms with van der Waals surface area (Å²) in [4.78, 5) is 21.8. The second kappa shape index (κ2) is 10.5. The van der Waals surface area contributed by atoms with Crippen LogP contribution < -0.4 is 9.47 Å². The normalized spacial score (nSPS) is 11.9. The molecule has 0 aliphatic carbocycles. The highest BCUT2D eigenvalue weighted by Gasteiger charge is 2.31. The van der Waals surface area contributed by atoms with Gasteiger partial charge in [-0.05, 0) is 55.6 Å². The number of carboxylic acid groups (broad SMARTS) is 2. The van der Waals surface area contributed by atoms with Crippen LogP contribution in [-0.4, -0.2) is 35.9 Å². The molecule has 1 rings (SSSR count). The standard InChI is InChI=1S/C23H36O6/c1-7-29-19-15-16(22(2,3)12-8-10-20(24)25)18(28-6)14-17(19)23(4,5)13-9-11-21(26)27/h14-15H,7-13H2,1-6H3,(H,24,25)(H,26,27). The number of methoxy groups -OCH3 is 1. The molecule has 6 nitrogen and oxygen atoms in total.